The molecule has 17 heavy (non-hydrogen) atoms. The van der Waals surface area contributed by atoms with Crippen molar-refractivity contribution < 1.29 is 4.79 Å². The molecule has 4 heteroatoms. The molecular weight excluding hydrogens is 298 g/mol. The largest absolute Gasteiger partial charge is 0.352 e. The van der Waals surface area contributed by atoms with Gasteiger partial charge in [0.15, 0.2) is 0 Å². The average molecular weight is 314 g/mol. The van der Waals surface area contributed by atoms with Gasteiger partial charge in [-0.15, -0.1) is 12.6 Å². The van der Waals surface area contributed by atoms with Gasteiger partial charge in [-0.3, -0.25) is 4.79 Å². The molecule has 0 unspecified atom stereocenters. The first-order chi connectivity index (χ1) is 8.16. The number of rotatable bonds is 4. The standard InChI is InChI=1S/C13H16BrNOS/c14-10-4-5-11(12(17)8-10)13(16)15-7-6-9-2-1-3-9/h4-5,8-9,17H,1-3,6-7H2,(H,15,16). The Morgan fingerprint density at radius 1 is 1.47 bits per heavy atom. The highest BCUT2D eigenvalue weighted by atomic mass is 79.9. The maximum Gasteiger partial charge on any atom is 0.252 e. The van der Waals surface area contributed by atoms with E-state index in [4.69, 9.17) is 0 Å². The summed E-state index contributed by atoms with van der Waals surface area (Å²) in [7, 11) is 0. The SMILES string of the molecule is O=C(NCCC1CCC1)c1ccc(Br)cc1S. The van der Waals surface area contributed by atoms with E-state index in [2.05, 4.69) is 33.9 Å². The number of thiol groups is 1. The lowest BCUT2D eigenvalue weighted by atomic mass is 9.83. The zero-order valence-corrected chi connectivity index (χ0v) is 12.1. The lowest BCUT2D eigenvalue weighted by Crippen LogP contribution is -2.27. The third-order valence-electron chi connectivity index (χ3n) is 3.27. The molecule has 1 aromatic carbocycles. The van der Waals surface area contributed by atoms with Crippen LogP contribution in [0.4, 0.5) is 0 Å². The molecule has 0 saturated heterocycles. The second-order valence-electron chi connectivity index (χ2n) is 4.50. The minimum absolute atomic E-state index is 0.0261. The van der Waals surface area contributed by atoms with Gasteiger partial charge < -0.3 is 5.32 Å². The Hall–Kier alpha value is -0.480. The quantitative estimate of drug-likeness (QED) is 0.816. The van der Waals surface area contributed by atoms with Crippen LogP contribution in [0.3, 0.4) is 0 Å². The zero-order chi connectivity index (χ0) is 12.3. The highest BCUT2D eigenvalue weighted by Crippen LogP contribution is 2.28. The highest BCUT2D eigenvalue weighted by Gasteiger charge is 2.17. The third-order valence-corrected chi connectivity index (χ3v) is 4.13. The van der Waals surface area contributed by atoms with E-state index in [-0.39, 0.29) is 5.91 Å². The molecule has 0 spiro atoms. The number of carbonyl (C=O) groups excluding carboxylic acids is 1. The highest BCUT2D eigenvalue weighted by molar-refractivity contribution is 9.10. The number of nitrogens with one attached hydrogen (secondary N) is 1. The van der Waals surface area contributed by atoms with Crippen LogP contribution in [0, 0.1) is 5.92 Å². The van der Waals surface area contributed by atoms with Crippen LogP contribution in [-0.2, 0) is 0 Å². The van der Waals surface area contributed by atoms with E-state index in [1.54, 1.807) is 6.07 Å². The van der Waals surface area contributed by atoms with Gasteiger partial charge >= 0.3 is 0 Å². The first kappa shape index (κ1) is 13.0. The number of amides is 1. The zero-order valence-electron chi connectivity index (χ0n) is 9.58. The van der Waals surface area contributed by atoms with Crippen molar-refractivity contribution in [3.05, 3.63) is 28.2 Å². The molecule has 0 atom stereocenters. The van der Waals surface area contributed by atoms with Gasteiger partial charge in [-0.05, 0) is 30.5 Å². The summed E-state index contributed by atoms with van der Waals surface area (Å²) in [6.07, 6.45) is 5.11. The van der Waals surface area contributed by atoms with Gasteiger partial charge in [0.25, 0.3) is 5.91 Å². The topological polar surface area (TPSA) is 29.1 Å². The Kier molecular flexibility index (Phi) is 4.51. The van der Waals surface area contributed by atoms with Crippen molar-refractivity contribution in [3.8, 4) is 0 Å². The third kappa shape index (κ3) is 3.49. The van der Waals surface area contributed by atoms with Gasteiger partial charge in [-0.2, -0.15) is 0 Å². The van der Waals surface area contributed by atoms with Crippen LogP contribution in [0.5, 0.6) is 0 Å². The fourth-order valence-electron chi connectivity index (χ4n) is 1.96. The maximum absolute atomic E-state index is 11.9. The van der Waals surface area contributed by atoms with Gasteiger partial charge in [0.2, 0.25) is 0 Å². The summed E-state index contributed by atoms with van der Waals surface area (Å²) in [5, 5.41) is 2.96. The molecule has 2 rings (SSSR count). The van der Waals surface area contributed by atoms with E-state index in [1.807, 2.05) is 12.1 Å². The predicted octanol–water partition coefficient (Wildman–Crippen LogP) is 3.66. The molecule has 0 bridgehead atoms. The van der Waals surface area contributed by atoms with Crippen molar-refractivity contribution in [2.24, 2.45) is 5.92 Å². The number of hydrogen-bond acceptors (Lipinski definition) is 2. The maximum atomic E-state index is 11.9. The molecule has 0 radical (unpaired) electrons. The summed E-state index contributed by atoms with van der Waals surface area (Å²) in [6.45, 7) is 0.771. The molecule has 0 aromatic heterocycles. The van der Waals surface area contributed by atoms with Gasteiger partial charge in [0, 0.05) is 15.9 Å². The summed E-state index contributed by atoms with van der Waals surface area (Å²) >= 11 is 7.66. The summed E-state index contributed by atoms with van der Waals surface area (Å²) in [5.41, 5.74) is 0.644. The van der Waals surface area contributed by atoms with E-state index in [1.165, 1.54) is 19.3 Å². The van der Waals surface area contributed by atoms with E-state index in [9.17, 15) is 4.79 Å². The first-order valence-electron chi connectivity index (χ1n) is 5.93. The summed E-state index contributed by atoms with van der Waals surface area (Å²) < 4.78 is 0.938. The van der Waals surface area contributed by atoms with Crippen molar-refractivity contribution >= 4 is 34.5 Å². The molecule has 1 aromatic rings. The van der Waals surface area contributed by atoms with E-state index in [0.29, 0.717) is 10.5 Å². The summed E-state index contributed by atoms with van der Waals surface area (Å²) in [5.74, 6) is 0.803. The fourth-order valence-corrected chi connectivity index (χ4v) is 2.82. The minimum Gasteiger partial charge on any atom is -0.352 e. The van der Waals surface area contributed by atoms with Crippen molar-refractivity contribution in [1.29, 1.82) is 0 Å². The molecule has 1 fully saturated rings. The van der Waals surface area contributed by atoms with Gasteiger partial charge in [-0.1, -0.05) is 35.2 Å². The molecule has 2 nitrogen and oxygen atoms in total. The normalized spacial score (nSPS) is 15.4. The predicted molar refractivity (Wildman–Crippen MR) is 75.7 cm³/mol. The van der Waals surface area contributed by atoms with Crippen LogP contribution in [0.1, 0.15) is 36.0 Å². The lowest BCUT2D eigenvalue weighted by molar-refractivity contribution is 0.0946. The van der Waals surface area contributed by atoms with Crippen molar-refractivity contribution in [2.45, 2.75) is 30.6 Å². The molecule has 92 valence electrons. The Morgan fingerprint density at radius 3 is 2.82 bits per heavy atom. The lowest BCUT2D eigenvalue weighted by Gasteiger charge is -2.25. The number of carbonyl (C=O) groups is 1. The van der Waals surface area contributed by atoms with Crippen LogP contribution in [0.25, 0.3) is 0 Å². The molecule has 0 heterocycles. The van der Waals surface area contributed by atoms with E-state index in [0.717, 1.165) is 23.4 Å². The second-order valence-corrected chi connectivity index (χ2v) is 5.90. The molecule has 1 amide bonds. The van der Waals surface area contributed by atoms with Gasteiger partial charge in [0.05, 0.1) is 5.56 Å². The Balaban J connectivity index is 1.85. The molecule has 1 aliphatic carbocycles. The average Bonchev–Trinajstić information content (AvgIpc) is 2.21. The number of benzene rings is 1. The van der Waals surface area contributed by atoms with Crippen molar-refractivity contribution in [1.82, 2.24) is 5.32 Å². The van der Waals surface area contributed by atoms with Crippen LogP contribution in [0.15, 0.2) is 27.6 Å². The van der Waals surface area contributed by atoms with Crippen LogP contribution in [0.2, 0.25) is 0 Å². The molecule has 0 aliphatic heterocycles. The Bertz CT molecular complexity index is 418. The Labute approximate surface area is 116 Å². The Morgan fingerprint density at radius 2 is 2.24 bits per heavy atom. The first-order valence-corrected chi connectivity index (χ1v) is 7.17. The fraction of sp³-hybridized carbons (Fsp3) is 0.462. The van der Waals surface area contributed by atoms with E-state index >= 15 is 0 Å². The second kappa shape index (κ2) is 5.91. The number of halogens is 1. The summed E-state index contributed by atoms with van der Waals surface area (Å²) in [6, 6.07) is 5.50. The van der Waals surface area contributed by atoms with Gasteiger partial charge in [0.1, 0.15) is 0 Å². The molecule has 1 N–H and O–H groups in total. The van der Waals surface area contributed by atoms with Crippen molar-refractivity contribution in [2.75, 3.05) is 6.54 Å². The van der Waals surface area contributed by atoms with Crippen molar-refractivity contribution in [3.63, 3.8) is 0 Å². The minimum atomic E-state index is -0.0261. The molecular formula is C13H16BrNOS. The molecule has 1 aliphatic rings. The smallest absolute Gasteiger partial charge is 0.252 e. The van der Waals surface area contributed by atoms with Crippen LogP contribution >= 0.6 is 28.6 Å². The molecule has 1 saturated carbocycles. The number of hydrogen-bond donors (Lipinski definition) is 2. The summed E-state index contributed by atoms with van der Waals surface area (Å²) in [4.78, 5) is 12.6. The van der Waals surface area contributed by atoms with Gasteiger partial charge in [-0.25, -0.2) is 0 Å². The van der Waals surface area contributed by atoms with E-state index < -0.39 is 0 Å². The monoisotopic (exact) mass is 313 g/mol. The van der Waals surface area contributed by atoms with Crippen LogP contribution < -0.4 is 5.32 Å². The van der Waals surface area contributed by atoms with Crippen LogP contribution in [-0.4, -0.2) is 12.5 Å².